The van der Waals surface area contributed by atoms with Crippen LogP contribution in [0, 0.1) is 10.1 Å². The van der Waals surface area contributed by atoms with Crippen molar-refractivity contribution in [1.82, 2.24) is 5.32 Å². The minimum absolute atomic E-state index is 0.133. The number of benzene rings is 1. The van der Waals surface area contributed by atoms with Crippen LogP contribution in [0.25, 0.3) is 0 Å². The van der Waals surface area contributed by atoms with Gasteiger partial charge in [0.15, 0.2) is 0 Å². The van der Waals surface area contributed by atoms with Gasteiger partial charge in [-0.05, 0) is 18.9 Å². The van der Waals surface area contributed by atoms with Gasteiger partial charge in [0.25, 0.3) is 5.69 Å². The maximum Gasteiger partial charge on any atom is 0.292 e. The molecule has 1 aromatic carbocycles. The molecular formula is C11H15N3O2. The summed E-state index contributed by atoms with van der Waals surface area (Å²) in [5.74, 6) is 0. The van der Waals surface area contributed by atoms with Crippen molar-refractivity contribution in [3.63, 3.8) is 0 Å². The Kier molecular flexibility index (Phi) is 3.36. The largest absolute Gasteiger partial charge is 0.378 e. The quantitative estimate of drug-likeness (QED) is 0.436. The highest BCUT2D eigenvalue weighted by molar-refractivity contribution is 5.60. The Bertz CT molecular complexity index is 377. The molecule has 0 aromatic heterocycles. The Balaban J connectivity index is 1.84. The molecule has 0 amide bonds. The standard InChI is InChI=1S/C11H15N3O2/c15-14(16)11-4-2-1-3-10(11)13-8-7-12-9-5-6-9/h1-4,9,12-13H,5-8H2. The summed E-state index contributed by atoms with van der Waals surface area (Å²) in [7, 11) is 0. The minimum atomic E-state index is -0.364. The first-order valence-electron chi connectivity index (χ1n) is 5.48. The van der Waals surface area contributed by atoms with Crippen molar-refractivity contribution in [3.05, 3.63) is 34.4 Å². The van der Waals surface area contributed by atoms with Crippen LogP contribution >= 0.6 is 0 Å². The predicted molar refractivity (Wildman–Crippen MR) is 62.6 cm³/mol. The number of nitrogens with one attached hydrogen (secondary N) is 2. The lowest BCUT2D eigenvalue weighted by Gasteiger charge is -2.07. The summed E-state index contributed by atoms with van der Waals surface area (Å²) in [4.78, 5) is 10.4. The van der Waals surface area contributed by atoms with Crippen molar-refractivity contribution < 1.29 is 4.92 Å². The SMILES string of the molecule is O=[N+]([O-])c1ccccc1NCCNC1CC1. The lowest BCUT2D eigenvalue weighted by atomic mass is 10.2. The lowest BCUT2D eigenvalue weighted by Crippen LogP contribution is -2.24. The van der Waals surface area contributed by atoms with Crippen molar-refractivity contribution in [3.8, 4) is 0 Å². The van der Waals surface area contributed by atoms with Gasteiger partial charge >= 0.3 is 0 Å². The average Bonchev–Trinajstić information content (AvgIpc) is 3.08. The zero-order valence-electron chi connectivity index (χ0n) is 8.98. The highest BCUT2D eigenvalue weighted by Crippen LogP contribution is 2.22. The second-order valence-electron chi connectivity index (χ2n) is 3.93. The van der Waals surface area contributed by atoms with E-state index in [1.807, 2.05) is 0 Å². The first-order valence-corrected chi connectivity index (χ1v) is 5.48. The summed E-state index contributed by atoms with van der Waals surface area (Å²) < 4.78 is 0. The number of nitro benzene ring substituents is 1. The van der Waals surface area contributed by atoms with Crippen molar-refractivity contribution in [2.45, 2.75) is 18.9 Å². The highest BCUT2D eigenvalue weighted by atomic mass is 16.6. The monoisotopic (exact) mass is 221 g/mol. The highest BCUT2D eigenvalue weighted by Gasteiger charge is 2.19. The molecule has 5 heteroatoms. The van der Waals surface area contributed by atoms with Crippen molar-refractivity contribution in [2.24, 2.45) is 0 Å². The Morgan fingerprint density at radius 2 is 2.06 bits per heavy atom. The third-order valence-corrected chi connectivity index (χ3v) is 2.55. The molecule has 0 saturated heterocycles. The maximum atomic E-state index is 10.7. The van der Waals surface area contributed by atoms with E-state index < -0.39 is 0 Å². The molecule has 0 heterocycles. The molecule has 16 heavy (non-hydrogen) atoms. The summed E-state index contributed by atoms with van der Waals surface area (Å²) in [6.07, 6.45) is 2.51. The Labute approximate surface area is 94.0 Å². The van der Waals surface area contributed by atoms with Crippen molar-refractivity contribution >= 4 is 11.4 Å². The van der Waals surface area contributed by atoms with Crippen LogP contribution in [0.2, 0.25) is 0 Å². The van der Waals surface area contributed by atoms with Crippen LogP contribution in [0.4, 0.5) is 11.4 Å². The van der Waals surface area contributed by atoms with Gasteiger partial charge in [-0.25, -0.2) is 0 Å². The predicted octanol–water partition coefficient (Wildman–Crippen LogP) is 1.76. The number of nitrogens with zero attached hydrogens (tertiary/aromatic N) is 1. The molecule has 1 aliphatic rings. The van der Waals surface area contributed by atoms with E-state index in [2.05, 4.69) is 10.6 Å². The fourth-order valence-corrected chi connectivity index (χ4v) is 1.54. The summed E-state index contributed by atoms with van der Waals surface area (Å²) >= 11 is 0. The Morgan fingerprint density at radius 3 is 2.75 bits per heavy atom. The average molecular weight is 221 g/mol. The third-order valence-electron chi connectivity index (χ3n) is 2.55. The third kappa shape index (κ3) is 2.93. The van der Waals surface area contributed by atoms with Crippen LogP contribution < -0.4 is 10.6 Å². The molecule has 1 saturated carbocycles. The first-order chi connectivity index (χ1) is 7.77. The zero-order chi connectivity index (χ0) is 11.4. The van der Waals surface area contributed by atoms with Gasteiger partial charge in [-0.2, -0.15) is 0 Å². The number of hydrogen-bond donors (Lipinski definition) is 2. The van der Waals surface area contributed by atoms with E-state index in [1.165, 1.54) is 18.9 Å². The van der Waals surface area contributed by atoms with E-state index in [4.69, 9.17) is 0 Å². The van der Waals surface area contributed by atoms with E-state index in [0.717, 1.165) is 6.54 Å². The van der Waals surface area contributed by atoms with Crippen LogP contribution in [0.1, 0.15) is 12.8 Å². The molecule has 1 aliphatic carbocycles. The number of anilines is 1. The van der Waals surface area contributed by atoms with E-state index >= 15 is 0 Å². The summed E-state index contributed by atoms with van der Waals surface area (Å²) in [6, 6.07) is 7.38. The molecular weight excluding hydrogens is 206 g/mol. The molecule has 86 valence electrons. The molecule has 2 N–H and O–H groups in total. The van der Waals surface area contributed by atoms with Gasteiger partial charge in [-0.3, -0.25) is 10.1 Å². The van der Waals surface area contributed by atoms with Crippen LogP contribution in [0.5, 0.6) is 0 Å². The van der Waals surface area contributed by atoms with Gasteiger partial charge in [0.05, 0.1) is 4.92 Å². The molecule has 2 rings (SSSR count). The molecule has 1 fully saturated rings. The molecule has 0 bridgehead atoms. The second kappa shape index (κ2) is 4.94. The van der Waals surface area contributed by atoms with Crippen LogP contribution in [-0.2, 0) is 0 Å². The van der Waals surface area contributed by atoms with Crippen LogP contribution in [0.15, 0.2) is 24.3 Å². The van der Waals surface area contributed by atoms with Gasteiger partial charge < -0.3 is 10.6 Å². The van der Waals surface area contributed by atoms with E-state index in [-0.39, 0.29) is 10.6 Å². The van der Waals surface area contributed by atoms with Gasteiger partial charge in [0.1, 0.15) is 5.69 Å². The van der Waals surface area contributed by atoms with E-state index in [0.29, 0.717) is 18.3 Å². The Morgan fingerprint density at radius 1 is 1.31 bits per heavy atom. The minimum Gasteiger partial charge on any atom is -0.378 e. The first kappa shape index (κ1) is 10.9. The molecule has 0 radical (unpaired) electrons. The number of rotatable bonds is 6. The number of nitro groups is 1. The molecule has 0 aliphatic heterocycles. The van der Waals surface area contributed by atoms with E-state index in [9.17, 15) is 10.1 Å². The van der Waals surface area contributed by atoms with Crippen molar-refractivity contribution in [1.29, 1.82) is 0 Å². The summed E-state index contributed by atoms with van der Waals surface area (Å²) in [5, 5.41) is 17.1. The summed E-state index contributed by atoms with van der Waals surface area (Å²) in [5.41, 5.74) is 0.721. The van der Waals surface area contributed by atoms with E-state index in [1.54, 1.807) is 18.2 Å². The van der Waals surface area contributed by atoms with Crippen molar-refractivity contribution in [2.75, 3.05) is 18.4 Å². The van der Waals surface area contributed by atoms with Gasteiger partial charge in [0, 0.05) is 25.2 Å². The molecule has 0 spiro atoms. The topological polar surface area (TPSA) is 67.2 Å². The van der Waals surface area contributed by atoms with Gasteiger partial charge in [0.2, 0.25) is 0 Å². The summed E-state index contributed by atoms with van der Waals surface area (Å²) in [6.45, 7) is 1.55. The molecule has 1 aromatic rings. The smallest absolute Gasteiger partial charge is 0.292 e. The fraction of sp³-hybridized carbons (Fsp3) is 0.455. The number of hydrogen-bond acceptors (Lipinski definition) is 4. The zero-order valence-corrected chi connectivity index (χ0v) is 8.98. The molecule has 0 unspecified atom stereocenters. The number of para-hydroxylation sites is 2. The lowest BCUT2D eigenvalue weighted by molar-refractivity contribution is -0.384. The normalized spacial score (nSPS) is 14.8. The fourth-order valence-electron chi connectivity index (χ4n) is 1.54. The van der Waals surface area contributed by atoms with Crippen LogP contribution in [0.3, 0.4) is 0 Å². The molecule has 0 atom stereocenters. The maximum absolute atomic E-state index is 10.7. The van der Waals surface area contributed by atoms with Crippen LogP contribution in [-0.4, -0.2) is 24.1 Å². The molecule has 5 nitrogen and oxygen atoms in total. The Hall–Kier alpha value is -1.62. The van der Waals surface area contributed by atoms with Gasteiger partial charge in [-0.15, -0.1) is 0 Å². The second-order valence-corrected chi connectivity index (χ2v) is 3.93. The van der Waals surface area contributed by atoms with Gasteiger partial charge in [-0.1, -0.05) is 12.1 Å².